The maximum absolute atomic E-state index is 5.99. The van der Waals surface area contributed by atoms with Gasteiger partial charge in [0.1, 0.15) is 0 Å². The monoisotopic (exact) mass is 230 g/mol. The lowest BCUT2D eigenvalue weighted by Gasteiger charge is -2.32. The molecular weight excluding hydrogens is 211 g/mol. The van der Waals surface area contributed by atoms with Gasteiger partial charge in [-0.25, -0.2) is 0 Å². The van der Waals surface area contributed by atoms with Crippen LogP contribution in [0.25, 0.3) is 6.08 Å². The van der Waals surface area contributed by atoms with Gasteiger partial charge in [0.2, 0.25) is 0 Å². The Morgan fingerprint density at radius 1 is 1.12 bits per heavy atom. The van der Waals surface area contributed by atoms with Crippen LogP contribution < -0.4 is 5.46 Å². The fourth-order valence-electron chi connectivity index (χ4n) is 1.81. The van der Waals surface area contributed by atoms with E-state index < -0.39 is 0 Å². The van der Waals surface area contributed by atoms with Gasteiger partial charge < -0.3 is 9.31 Å². The standard InChI is InChI=1S/C14H19BO2/c1-6-11-8-7-9-12(10-11)15-16-13(2,3)14(4,5)17-15/h6-10H,1H2,2-5H3. The predicted molar refractivity (Wildman–Crippen MR) is 72.2 cm³/mol. The van der Waals surface area contributed by atoms with Crippen molar-refractivity contribution in [1.82, 2.24) is 0 Å². The fraction of sp³-hybridized carbons (Fsp3) is 0.429. The molecule has 2 nitrogen and oxygen atoms in total. The lowest BCUT2D eigenvalue weighted by atomic mass is 9.78. The van der Waals surface area contributed by atoms with Crippen molar-refractivity contribution >= 4 is 18.7 Å². The van der Waals surface area contributed by atoms with Gasteiger partial charge >= 0.3 is 7.12 Å². The second-order valence-corrected chi connectivity index (χ2v) is 5.46. The third-order valence-electron chi connectivity index (χ3n) is 3.67. The van der Waals surface area contributed by atoms with Crippen molar-refractivity contribution in [3.63, 3.8) is 0 Å². The molecule has 0 unspecified atom stereocenters. The first-order valence-electron chi connectivity index (χ1n) is 5.94. The van der Waals surface area contributed by atoms with Crippen LogP contribution in [0.1, 0.15) is 33.3 Å². The van der Waals surface area contributed by atoms with Crippen molar-refractivity contribution in [3.05, 3.63) is 36.4 Å². The summed E-state index contributed by atoms with van der Waals surface area (Å²) in [5.41, 5.74) is 1.54. The Balaban J connectivity index is 2.28. The van der Waals surface area contributed by atoms with Crippen molar-refractivity contribution < 1.29 is 9.31 Å². The second kappa shape index (κ2) is 4.00. The molecule has 0 bridgehead atoms. The van der Waals surface area contributed by atoms with E-state index in [4.69, 9.17) is 9.31 Å². The van der Waals surface area contributed by atoms with E-state index >= 15 is 0 Å². The zero-order valence-electron chi connectivity index (χ0n) is 11.0. The molecule has 1 aromatic carbocycles. The molecule has 1 fully saturated rings. The molecule has 0 atom stereocenters. The molecule has 1 aliphatic rings. The molecule has 17 heavy (non-hydrogen) atoms. The molecule has 1 saturated heterocycles. The zero-order valence-corrected chi connectivity index (χ0v) is 11.0. The molecule has 1 aromatic rings. The first kappa shape index (κ1) is 12.4. The highest BCUT2D eigenvalue weighted by atomic mass is 16.7. The lowest BCUT2D eigenvalue weighted by molar-refractivity contribution is 0.00578. The highest BCUT2D eigenvalue weighted by molar-refractivity contribution is 6.62. The second-order valence-electron chi connectivity index (χ2n) is 5.46. The van der Waals surface area contributed by atoms with Gasteiger partial charge in [-0.3, -0.25) is 0 Å². The fourth-order valence-corrected chi connectivity index (χ4v) is 1.81. The van der Waals surface area contributed by atoms with E-state index in [1.54, 1.807) is 0 Å². The largest absolute Gasteiger partial charge is 0.494 e. The smallest absolute Gasteiger partial charge is 0.399 e. The molecule has 2 rings (SSSR count). The van der Waals surface area contributed by atoms with Gasteiger partial charge in [0.05, 0.1) is 11.2 Å². The molecule has 0 saturated carbocycles. The van der Waals surface area contributed by atoms with Gasteiger partial charge in [-0.2, -0.15) is 0 Å². The maximum Gasteiger partial charge on any atom is 0.494 e. The van der Waals surface area contributed by atoms with Crippen LogP contribution in [0.5, 0.6) is 0 Å². The zero-order chi connectivity index (χ0) is 12.7. The Morgan fingerprint density at radius 3 is 2.24 bits per heavy atom. The summed E-state index contributed by atoms with van der Waals surface area (Å²) >= 11 is 0. The molecule has 0 amide bonds. The minimum absolute atomic E-state index is 0.290. The molecule has 0 N–H and O–H groups in total. The van der Waals surface area contributed by atoms with Crippen molar-refractivity contribution in [2.24, 2.45) is 0 Å². The minimum atomic E-state index is -0.292. The summed E-state index contributed by atoms with van der Waals surface area (Å²) in [5.74, 6) is 0. The molecule has 90 valence electrons. The van der Waals surface area contributed by atoms with Gasteiger partial charge in [-0.1, -0.05) is 36.9 Å². The van der Waals surface area contributed by atoms with Crippen molar-refractivity contribution in [1.29, 1.82) is 0 Å². The molecule has 1 aliphatic heterocycles. The summed E-state index contributed by atoms with van der Waals surface area (Å²) in [6.07, 6.45) is 1.83. The molecular formula is C14H19BO2. The minimum Gasteiger partial charge on any atom is -0.399 e. The van der Waals surface area contributed by atoms with E-state index in [1.165, 1.54) is 0 Å². The van der Waals surface area contributed by atoms with E-state index in [-0.39, 0.29) is 18.3 Å². The molecule has 0 spiro atoms. The van der Waals surface area contributed by atoms with Crippen LogP contribution >= 0.6 is 0 Å². The summed E-state index contributed by atoms with van der Waals surface area (Å²) in [6, 6.07) is 8.09. The summed E-state index contributed by atoms with van der Waals surface area (Å²) in [4.78, 5) is 0. The molecule has 3 heteroatoms. The topological polar surface area (TPSA) is 18.5 Å². The molecule has 1 heterocycles. The average Bonchev–Trinajstić information content (AvgIpc) is 2.48. The summed E-state index contributed by atoms with van der Waals surface area (Å²) in [7, 11) is -0.292. The van der Waals surface area contributed by atoms with Crippen LogP contribution in [-0.4, -0.2) is 18.3 Å². The Hall–Kier alpha value is -1.06. The van der Waals surface area contributed by atoms with Gasteiger partial charge in [-0.15, -0.1) is 0 Å². The van der Waals surface area contributed by atoms with Gasteiger partial charge in [0.15, 0.2) is 0 Å². The highest BCUT2D eigenvalue weighted by Gasteiger charge is 2.51. The van der Waals surface area contributed by atoms with Crippen LogP contribution in [0.15, 0.2) is 30.8 Å². The molecule has 0 aliphatic carbocycles. The number of hydrogen-bond acceptors (Lipinski definition) is 2. The first-order chi connectivity index (χ1) is 7.86. The summed E-state index contributed by atoms with van der Waals surface area (Å²) in [6.45, 7) is 12.0. The van der Waals surface area contributed by atoms with Crippen molar-refractivity contribution in [3.8, 4) is 0 Å². The highest BCUT2D eigenvalue weighted by Crippen LogP contribution is 2.36. The number of rotatable bonds is 2. The van der Waals surface area contributed by atoms with Gasteiger partial charge in [-0.05, 0) is 38.7 Å². The first-order valence-corrected chi connectivity index (χ1v) is 5.94. The quantitative estimate of drug-likeness (QED) is 0.727. The van der Waals surface area contributed by atoms with E-state index in [0.29, 0.717) is 0 Å². The Kier molecular flexibility index (Phi) is 2.92. The Labute approximate surface area is 104 Å². The van der Waals surface area contributed by atoms with Gasteiger partial charge in [0.25, 0.3) is 0 Å². The van der Waals surface area contributed by atoms with Crippen LogP contribution in [0.3, 0.4) is 0 Å². The third-order valence-corrected chi connectivity index (χ3v) is 3.67. The summed E-state index contributed by atoms with van der Waals surface area (Å²) < 4.78 is 12.0. The lowest BCUT2D eigenvalue weighted by Crippen LogP contribution is -2.41. The van der Waals surface area contributed by atoms with Crippen LogP contribution in [-0.2, 0) is 9.31 Å². The van der Waals surface area contributed by atoms with E-state index in [2.05, 4.69) is 40.3 Å². The van der Waals surface area contributed by atoms with E-state index in [0.717, 1.165) is 11.0 Å². The van der Waals surface area contributed by atoms with E-state index in [9.17, 15) is 0 Å². The molecule has 0 radical (unpaired) electrons. The van der Waals surface area contributed by atoms with Crippen LogP contribution in [0, 0.1) is 0 Å². The van der Waals surface area contributed by atoms with Crippen molar-refractivity contribution in [2.45, 2.75) is 38.9 Å². The Bertz CT molecular complexity index is 422. The summed E-state index contributed by atoms with van der Waals surface area (Å²) in [5, 5.41) is 0. The maximum atomic E-state index is 5.99. The van der Waals surface area contributed by atoms with Gasteiger partial charge in [0, 0.05) is 0 Å². The normalized spacial score (nSPS) is 21.5. The number of hydrogen-bond donors (Lipinski definition) is 0. The average molecular weight is 230 g/mol. The molecule has 0 aromatic heterocycles. The predicted octanol–water partition coefficient (Wildman–Crippen LogP) is 2.63. The van der Waals surface area contributed by atoms with Crippen LogP contribution in [0.4, 0.5) is 0 Å². The van der Waals surface area contributed by atoms with E-state index in [1.807, 2.05) is 24.3 Å². The number of benzene rings is 1. The SMILES string of the molecule is C=Cc1cccc(B2OC(C)(C)C(C)(C)O2)c1. The third kappa shape index (κ3) is 2.17. The van der Waals surface area contributed by atoms with Crippen LogP contribution in [0.2, 0.25) is 0 Å². The van der Waals surface area contributed by atoms with Crippen molar-refractivity contribution in [2.75, 3.05) is 0 Å². The Morgan fingerprint density at radius 2 is 1.71 bits per heavy atom.